The van der Waals surface area contributed by atoms with Crippen molar-refractivity contribution in [2.75, 3.05) is 0 Å². The Hall–Kier alpha value is -2.21. The standard InChI is InChI=1S/C17H16F2N2O2/c18-10-5-9(6-11(19)7-10)15-3-4-16(23-15)17(22)21-14-8-12-1-2-13(14)20-12/h3-7,12-14,20H,1-2,8H2,(H,21,22). The van der Waals surface area contributed by atoms with E-state index in [0.29, 0.717) is 12.1 Å². The van der Waals surface area contributed by atoms with E-state index in [1.165, 1.54) is 18.2 Å². The molecule has 0 saturated carbocycles. The van der Waals surface area contributed by atoms with Crippen molar-refractivity contribution in [1.29, 1.82) is 0 Å². The molecular formula is C17H16F2N2O2. The van der Waals surface area contributed by atoms with Crippen molar-refractivity contribution in [3.8, 4) is 11.3 Å². The van der Waals surface area contributed by atoms with E-state index in [4.69, 9.17) is 4.42 Å². The molecular weight excluding hydrogens is 302 g/mol. The van der Waals surface area contributed by atoms with E-state index >= 15 is 0 Å². The number of hydrogen-bond acceptors (Lipinski definition) is 3. The van der Waals surface area contributed by atoms with E-state index in [1.807, 2.05) is 0 Å². The number of amides is 1. The first-order valence-electron chi connectivity index (χ1n) is 7.72. The minimum Gasteiger partial charge on any atom is -0.451 e. The highest BCUT2D eigenvalue weighted by atomic mass is 19.1. The van der Waals surface area contributed by atoms with Crippen LogP contribution in [0.2, 0.25) is 0 Å². The minimum atomic E-state index is -0.685. The van der Waals surface area contributed by atoms with Crippen LogP contribution in [0.4, 0.5) is 8.78 Å². The van der Waals surface area contributed by atoms with Crippen LogP contribution in [-0.4, -0.2) is 24.0 Å². The Morgan fingerprint density at radius 1 is 1.17 bits per heavy atom. The number of benzene rings is 1. The second-order valence-corrected chi connectivity index (χ2v) is 6.19. The molecule has 2 fully saturated rings. The van der Waals surface area contributed by atoms with E-state index < -0.39 is 11.6 Å². The predicted molar refractivity (Wildman–Crippen MR) is 79.9 cm³/mol. The van der Waals surface area contributed by atoms with Crippen molar-refractivity contribution in [1.82, 2.24) is 10.6 Å². The Kier molecular flexibility index (Phi) is 3.41. The van der Waals surface area contributed by atoms with Crippen LogP contribution in [0.15, 0.2) is 34.7 Å². The summed E-state index contributed by atoms with van der Waals surface area (Å²) in [4.78, 5) is 12.3. The van der Waals surface area contributed by atoms with Gasteiger partial charge in [-0.15, -0.1) is 0 Å². The molecule has 2 aromatic rings. The number of hydrogen-bond donors (Lipinski definition) is 2. The van der Waals surface area contributed by atoms with Gasteiger partial charge in [-0.2, -0.15) is 0 Å². The number of carbonyl (C=O) groups is 1. The third-order valence-electron chi connectivity index (χ3n) is 4.59. The minimum absolute atomic E-state index is 0.112. The van der Waals surface area contributed by atoms with E-state index in [0.717, 1.165) is 25.3 Å². The van der Waals surface area contributed by atoms with Gasteiger partial charge in [0.2, 0.25) is 0 Å². The maximum Gasteiger partial charge on any atom is 0.287 e. The summed E-state index contributed by atoms with van der Waals surface area (Å²) in [5.74, 6) is -1.26. The molecule has 0 aliphatic carbocycles. The molecule has 6 heteroatoms. The summed E-state index contributed by atoms with van der Waals surface area (Å²) in [7, 11) is 0. The predicted octanol–water partition coefficient (Wildman–Crippen LogP) is 2.85. The third kappa shape index (κ3) is 2.74. The fourth-order valence-electron chi connectivity index (χ4n) is 3.53. The molecule has 4 nitrogen and oxygen atoms in total. The van der Waals surface area contributed by atoms with Gasteiger partial charge in [0, 0.05) is 29.8 Å². The Bertz CT molecular complexity index is 739. The summed E-state index contributed by atoms with van der Waals surface area (Å²) in [5, 5.41) is 6.42. The Balaban J connectivity index is 1.50. The zero-order chi connectivity index (χ0) is 16.0. The number of halogens is 2. The van der Waals surface area contributed by atoms with Crippen LogP contribution in [0, 0.1) is 11.6 Å². The zero-order valence-corrected chi connectivity index (χ0v) is 12.3. The summed E-state index contributed by atoms with van der Waals surface area (Å²) in [6, 6.07) is 7.13. The van der Waals surface area contributed by atoms with Gasteiger partial charge in [0.15, 0.2) is 5.76 Å². The molecule has 2 aliphatic rings. The lowest BCUT2D eigenvalue weighted by Crippen LogP contribution is -2.42. The maximum atomic E-state index is 13.3. The topological polar surface area (TPSA) is 54.3 Å². The molecule has 0 spiro atoms. The van der Waals surface area contributed by atoms with Crippen LogP contribution in [0.1, 0.15) is 29.8 Å². The molecule has 3 heterocycles. The number of nitrogens with one attached hydrogen (secondary N) is 2. The lowest BCUT2D eigenvalue weighted by molar-refractivity contribution is 0.0903. The zero-order valence-electron chi connectivity index (χ0n) is 12.3. The van der Waals surface area contributed by atoms with Crippen LogP contribution < -0.4 is 10.6 Å². The molecule has 2 bridgehead atoms. The Morgan fingerprint density at radius 2 is 1.96 bits per heavy atom. The van der Waals surface area contributed by atoms with Crippen LogP contribution in [0.25, 0.3) is 11.3 Å². The summed E-state index contributed by atoms with van der Waals surface area (Å²) >= 11 is 0. The van der Waals surface area contributed by atoms with Gasteiger partial charge in [-0.3, -0.25) is 4.79 Å². The van der Waals surface area contributed by atoms with Crippen molar-refractivity contribution >= 4 is 5.91 Å². The monoisotopic (exact) mass is 318 g/mol. The van der Waals surface area contributed by atoms with Gasteiger partial charge in [-0.25, -0.2) is 8.78 Å². The molecule has 1 aromatic heterocycles. The second kappa shape index (κ2) is 5.45. The molecule has 0 radical (unpaired) electrons. The molecule has 3 unspecified atom stereocenters. The summed E-state index contributed by atoms with van der Waals surface area (Å²) < 4.78 is 32.0. The van der Waals surface area contributed by atoms with Gasteiger partial charge in [0.1, 0.15) is 17.4 Å². The van der Waals surface area contributed by atoms with Gasteiger partial charge in [0.25, 0.3) is 5.91 Å². The largest absolute Gasteiger partial charge is 0.451 e. The molecule has 2 saturated heterocycles. The Morgan fingerprint density at radius 3 is 2.61 bits per heavy atom. The number of carbonyl (C=O) groups excluding carboxylic acids is 1. The highest BCUT2D eigenvalue weighted by Gasteiger charge is 2.39. The first-order valence-corrected chi connectivity index (χ1v) is 7.72. The number of fused-ring (bicyclic) bond motifs is 2. The molecule has 23 heavy (non-hydrogen) atoms. The van der Waals surface area contributed by atoms with Gasteiger partial charge in [0.05, 0.1) is 0 Å². The van der Waals surface area contributed by atoms with E-state index in [9.17, 15) is 13.6 Å². The highest BCUT2D eigenvalue weighted by molar-refractivity contribution is 5.92. The normalized spacial score (nSPS) is 25.7. The third-order valence-corrected chi connectivity index (χ3v) is 4.59. The van der Waals surface area contributed by atoms with Crippen LogP contribution >= 0.6 is 0 Å². The van der Waals surface area contributed by atoms with Crippen LogP contribution in [0.5, 0.6) is 0 Å². The highest BCUT2D eigenvalue weighted by Crippen LogP contribution is 2.29. The molecule has 120 valence electrons. The lowest BCUT2D eigenvalue weighted by atomic mass is 9.95. The fraction of sp³-hybridized carbons (Fsp3) is 0.353. The summed E-state index contributed by atoms with van der Waals surface area (Å²) in [5.41, 5.74) is 0.267. The molecule has 1 amide bonds. The molecule has 2 aliphatic heterocycles. The van der Waals surface area contributed by atoms with E-state index in [1.54, 1.807) is 6.07 Å². The summed E-state index contributed by atoms with van der Waals surface area (Å²) in [6.45, 7) is 0. The number of furan rings is 1. The van der Waals surface area contributed by atoms with Gasteiger partial charge in [-0.05, 0) is 43.5 Å². The Labute approximate surface area is 131 Å². The quantitative estimate of drug-likeness (QED) is 0.915. The first kappa shape index (κ1) is 14.4. The van der Waals surface area contributed by atoms with E-state index in [2.05, 4.69) is 10.6 Å². The van der Waals surface area contributed by atoms with Crippen molar-refractivity contribution in [3.05, 3.63) is 47.7 Å². The number of rotatable bonds is 3. The lowest BCUT2D eigenvalue weighted by Gasteiger charge is -2.20. The fourth-order valence-corrected chi connectivity index (χ4v) is 3.53. The molecule has 2 N–H and O–H groups in total. The van der Waals surface area contributed by atoms with Crippen molar-refractivity contribution < 1.29 is 18.0 Å². The van der Waals surface area contributed by atoms with Gasteiger partial charge >= 0.3 is 0 Å². The average Bonchev–Trinajstić information content (AvgIpc) is 3.22. The molecule has 4 rings (SSSR count). The smallest absolute Gasteiger partial charge is 0.287 e. The summed E-state index contributed by atoms with van der Waals surface area (Å²) in [6.07, 6.45) is 3.16. The van der Waals surface area contributed by atoms with Crippen LogP contribution in [0.3, 0.4) is 0 Å². The van der Waals surface area contributed by atoms with Crippen LogP contribution in [-0.2, 0) is 0 Å². The van der Waals surface area contributed by atoms with Crippen molar-refractivity contribution in [2.24, 2.45) is 0 Å². The molecule has 3 atom stereocenters. The van der Waals surface area contributed by atoms with Crippen molar-refractivity contribution in [3.63, 3.8) is 0 Å². The second-order valence-electron chi connectivity index (χ2n) is 6.19. The van der Waals surface area contributed by atoms with Crippen molar-refractivity contribution in [2.45, 2.75) is 37.4 Å². The first-order chi connectivity index (χ1) is 11.1. The SMILES string of the molecule is O=C(NC1CC2CCC1N2)c1ccc(-c2cc(F)cc(F)c2)o1. The van der Waals surface area contributed by atoms with E-state index in [-0.39, 0.29) is 29.0 Å². The average molecular weight is 318 g/mol. The van der Waals surface area contributed by atoms with Gasteiger partial charge in [-0.1, -0.05) is 0 Å². The van der Waals surface area contributed by atoms with Gasteiger partial charge < -0.3 is 15.1 Å². The molecule has 1 aromatic carbocycles. The maximum absolute atomic E-state index is 13.3.